The Kier molecular flexibility index (Phi) is 5.27. The fourth-order valence-electron chi connectivity index (χ4n) is 3.22. The summed E-state index contributed by atoms with van der Waals surface area (Å²) < 4.78 is 2.09. The molecule has 1 aliphatic heterocycles. The molecule has 2 aromatic rings. The number of aromatic nitrogens is 3. The Morgan fingerprint density at radius 1 is 1.32 bits per heavy atom. The van der Waals surface area contributed by atoms with E-state index in [0.717, 1.165) is 41.6 Å². The lowest BCUT2D eigenvalue weighted by atomic mass is 10.2. The zero-order valence-electron chi connectivity index (χ0n) is 14.9. The summed E-state index contributed by atoms with van der Waals surface area (Å²) >= 11 is 5.97. The summed E-state index contributed by atoms with van der Waals surface area (Å²) in [6, 6.07) is 7.82. The molecule has 1 atom stereocenters. The molecule has 1 aromatic heterocycles. The first-order chi connectivity index (χ1) is 12.0. The number of amides is 2. The van der Waals surface area contributed by atoms with Gasteiger partial charge in [-0.2, -0.15) is 0 Å². The Bertz CT molecular complexity index is 740. The second-order valence-electron chi connectivity index (χ2n) is 6.77. The van der Waals surface area contributed by atoms with Crippen LogP contribution in [0.2, 0.25) is 5.02 Å². The SMILES string of the molecule is Cc1nnc([C@H]2CCCN2C(=O)NC(C)C)n1Cc1ccc(Cl)cc1. The van der Waals surface area contributed by atoms with Gasteiger partial charge in [-0.05, 0) is 51.3 Å². The molecule has 1 aliphatic rings. The minimum Gasteiger partial charge on any atom is -0.336 e. The largest absolute Gasteiger partial charge is 0.336 e. The number of rotatable bonds is 4. The molecule has 1 N–H and O–H groups in total. The van der Waals surface area contributed by atoms with Crippen molar-refractivity contribution in [1.29, 1.82) is 0 Å². The van der Waals surface area contributed by atoms with Crippen LogP contribution in [0.25, 0.3) is 0 Å². The molecule has 0 saturated carbocycles. The van der Waals surface area contributed by atoms with E-state index in [1.54, 1.807) is 0 Å². The first-order valence-corrected chi connectivity index (χ1v) is 9.04. The Morgan fingerprint density at radius 3 is 2.72 bits per heavy atom. The van der Waals surface area contributed by atoms with E-state index in [0.29, 0.717) is 6.54 Å². The number of halogens is 1. The van der Waals surface area contributed by atoms with Crippen molar-refractivity contribution in [3.05, 3.63) is 46.5 Å². The number of aryl methyl sites for hydroxylation is 1. The highest BCUT2D eigenvalue weighted by Crippen LogP contribution is 2.31. The summed E-state index contributed by atoms with van der Waals surface area (Å²) in [5.74, 6) is 1.70. The van der Waals surface area contributed by atoms with Gasteiger partial charge in [-0.3, -0.25) is 0 Å². The predicted molar refractivity (Wildman–Crippen MR) is 97.7 cm³/mol. The lowest BCUT2D eigenvalue weighted by Gasteiger charge is -2.26. The summed E-state index contributed by atoms with van der Waals surface area (Å²) in [4.78, 5) is 14.4. The van der Waals surface area contributed by atoms with E-state index in [4.69, 9.17) is 11.6 Å². The summed E-state index contributed by atoms with van der Waals surface area (Å²) in [6.07, 6.45) is 1.88. The third kappa shape index (κ3) is 3.95. The first kappa shape index (κ1) is 17.7. The lowest BCUT2D eigenvalue weighted by molar-refractivity contribution is 0.187. The molecule has 0 spiro atoms. The summed E-state index contributed by atoms with van der Waals surface area (Å²) in [6.45, 7) is 7.30. The lowest BCUT2D eigenvalue weighted by Crippen LogP contribution is -2.43. The van der Waals surface area contributed by atoms with Gasteiger partial charge in [0.15, 0.2) is 5.82 Å². The van der Waals surface area contributed by atoms with E-state index in [2.05, 4.69) is 20.1 Å². The van der Waals surface area contributed by atoms with Gasteiger partial charge in [-0.1, -0.05) is 23.7 Å². The van der Waals surface area contributed by atoms with Crippen LogP contribution in [0.15, 0.2) is 24.3 Å². The number of hydrogen-bond donors (Lipinski definition) is 1. The Balaban J connectivity index is 1.84. The summed E-state index contributed by atoms with van der Waals surface area (Å²) in [7, 11) is 0. The molecule has 2 amide bonds. The number of urea groups is 1. The van der Waals surface area contributed by atoms with Crippen LogP contribution in [0.1, 0.15) is 49.9 Å². The fraction of sp³-hybridized carbons (Fsp3) is 0.500. The van der Waals surface area contributed by atoms with Gasteiger partial charge < -0.3 is 14.8 Å². The van der Waals surface area contributed by atoms with Crippen LogP contribution >= 0.6 is 11.6 Å². The van der Waals surface area contributed by atoms with Crippen LogP contribution in [0.3, 0.4) is 0 Å². The van der Waals surface area contributed by atoms with Crippen LogP contribution < -0.4 is 5.32 Å². The van der Waals surface area contributed by atoms with Gasteiger partial charge in [0.25, 0.3) is 0 Å². The number of likely N-dealkylation sites (tertiary alicyclic amines) is 1. The molecule has 134 valence electrons. The molecule has 0 unspecified atom stereocenters. The summed E-state index contributed by atoms with van der Waals surface area (Å²) in [5, 5.41) is 12.3. The standard InChI is InChI=1S/C18H24ClN5O/c1-12(2)20-18(25)23-10-4-5-16(23)17-22-21-13(3)24(17)11-14-6-8-15(19)9-7-14/h6-9,12,16H,4-5,10-11H2,1-3H3,(H,20,25)/t16-/m1/s1. The highest BCUT2D eigenvalue weighted by Gasteiger charge is 2.34. The van der Waals surface area contributed by atoms with Gasteiger partial charge in [0.2, 0.25) is 0 Å². The second kappa shape index (κ2) is 7.44. The number of carbonyl (C=O) groups is 1. The molecular formula is C18H24ClN5O. The normalized spacial score (nSPS) is 17.3. The van der Waals surface area contributed by atoms with Crippen LogP contribution in [0.4, 0.5) is 4.79 Å². The third-order valence-electron chi connectivity index (χ3n) is 4.44. The monoisotopic (exact) mass is 361 g/mol. The maximum absolute atomic E-state index is 12.5. The fourth-order valence-corrected chi connectivity index (χ4v) is 3.35. The van der Waals surface area contributed by atoms with Crippen molar-refractivity contribution in [2.75, 3.05) is 6.54 Å². The maximum atomic E-state index is 12.5. The van der Waals surface area contributed by atoms with Crippen molar-refractivity contribution in [3.8, 4) is 0 Å². The zero-order chi connectivity index (χ0) is 18.0. The van der Waals surface area contributed by atoms with E-state index >= 15 is 0 Å². The Morgan fingerprint density at radius 2 is 2.04 bits per heavy atom. The van der Waals surface area contributed by atoms with E-state index in [1.807, 2.05) is 49.9 Å². The van der Waals surface area contributed by atoms with Crippen molar-refractivity contribution >= 4 is 17.6 Å². The van der Waals surface area contributed by atoms with E-state index < -0.39 is 0 Å². The zero-order valence-corrected chi connectivity index (χ0v) is 15.6. The maximum Gasteiger partial charge on any atom is 0.318 e. The quantitative estimate of drug-likeness (QED) is 0.905. The van der Waals surface area contributed by atoms with Gasteiger partial charge in [0, 0.05) is 17.6 Å². The number of carbonyl (C=O) groups excluding carboxylic acids is 1. The molecule has 3 rings (SSSR count). The van der Waals surface area contributed by atoms with Gasteiger partial charge in [0.05, 0.1) is 12.6 Å². The Labute approximate surface area is 153 Å². The molecule has 1 aromatic carbocycles. The molecule has 7 heteroatoms. The average Bonchev–Trinajstić information content (AvgIpc) is 3.16. The highest BCUT2D eigenvalue weighted by molar-refractivity contribution is 6.30. The van der Waals surface area contributed by atoms with E-state index in [1.165, 1.54) is 0 Å². The predicted octanol–water partition coefficient (Wildman–Crippen LogP) is 3.54. The Hall–Kier alpha value is -2.08. The van der Waals surface area contributed by atoms with Gasteiger partial charge in [-0.25, -0.2) is 4.79 Å². The van der Waals surface area contributed by atoms with Gasteiger partial charge >= 0.3 is 6.03 Å². The van der Waals surface area contributed by atoms with Crippen molar-refractivity contribution < 1.29 is 4.79 Å². The van der Waals surface area contributed by atoms with Crippen LogP contribution in [0.5, 0.6) is 0 Å². The van der Waals surface area contributed by atoms with Crippen molar-refractivity contribution in [2.24, 2.45) is 0 Å². The topological polar surface area (TPSA) is 63.1 Å². The first-order valence-electron chi connectivity index (χ1n) is 8.67. The number of nitrogens with one attached hydrogen (secondary N) is 1. The molecule has 1 saturated heterocycles. The molecular weight excluding hydrogens is 338 g/mol. The van der Waals surface area contributed by atoms with E-state index in [-0.39, 0.29) is 18.1 Å². The van der Waals surface area contributed by atoms with Crippen molar-refractivity contribution in [2.45, 2.75) is 52.2 Å². The van der Waals surface area contributed by atoms with Crippen molar-refractivity contribution in [1.82, 2.24) is 25.0 Å². The second-order valence-corrected chi connectivity index (χ2v) is 7.21. The molecule has 2 heterocycles. The van der Waals surface area contributed by atoms with Gasteiger partial charge in [-0.15, -0.1) is 10.2 Å². The molecule has 25 heavy (non-hydrogen) atoms. The van der Waals surface area contributed by atoms with Crippen LogP contribution in [0, 0.1) is 6.92 Å². The van der Waals surface area contributed by atoms with E-state index in [9.17, 15) is 4.79 Å². The number of nitrogens with zero attached hydrogens (tertiary/aromatic N) is 4. The minimum absolute atomic E-state index is 0.0313. The average molecular weight is 362 g/mol. The van der Waals surface area contributed by atoms with Crippen LogP contribution in [-0.4, -0.2) is 38.3 Å². The summed E-state index contributed by atoms with van der Waals surface area (Å²) in [5.41, 5.74) is 1.13. The molecule has 0 aliphatic carbocycles. The molecule has 0 radical (unpaired) electrons. The highest BCUT2D eigenvalue weighted by atomic mass is 35.5. The molecule has 0 bridgehead atoms. The third-order valence-corrected chi connectivity index (χ3v) is 4.69. The molecule has 6 nitrogen and oxygen atoms in total. The van der Waals surface area contributed by atoms with Crippen LogP contribution in [-0.2, 0) is 6.54 Å². The number of hydrogen-bond acceptors (Lipinski definition) is 3. The number of benzene rings is 1. The smallest absolute Gasteiger partial charge is 0.318 e. The van der Waals surface area contributed by atoms with Gasteiger partial charge in [0.1, 0.15) is 5.82 Å². The minimum atomic E-state index is -0.0350. The molecule has 1 fully saturated rings. The van der Waals surface area contributed by atoms with Crippen molar-refractivity contribution in [3.63, 3.8) is 0 Å².